The summed E-state index contributed by atoms with van der Waals surface area (Å²) in [5.41, 5.74) is 1.73. The Morgan fingerprint density at radius 2 is 2.00 bits per heavy atom. The summed E-state index contributed by atoms with van der Waals surface area (Å²) in [6.45, 7) is 2.12. The van der Waals surface area contributed by atoms with Crippen LogP contribution in [0, 0.1) is 11.3 Å². The molecule has 4 heteroatoms. The van der Waals surface area contributed by atoms with Gasteiger partial charge in [-0.05, 0) is 36.9 Å². The summed E-state index contributed by atoms with van der Waals surface area (Å²) in [6.07, 6.45) is 0. The number of likely N-dealkylation sites (N-methyl/N-ethyl adjacent to an activating group) is 1. The molecule has 0 fully saturated rings. The number of para-hydroxylation sites is 1. The van der Waals surface area contributed by atoms with Gasteiger partial charge in [0, 0.05) is 18.1 Å². The van der Waals surface area contributed by atoms with E-state index in [9.17, 15) is 0 Å². The van der Waals surface area contributed by atoms with Crippen molar-refractivity contribution < 1.29 is 4.74 Å². The summed E-state index contributed by atoms with van der Waals surface area (Å²) in [4.78, 5) is 2.15. The molecular weight excluding hydrogens is 284 g/mol. The van der Waals surface area contributed by atoms with Crippen LogP contribution < -0.4 is 4.74 Å². The first kappa shape index (κ1) is 15.4. The fraction of sp³-hybridized carbons (Fsp3) is 0.235. The number of hydrogen-bond acceptors (Lipinski definition) is 3. The van der Waals surface area contributed by atoms with Crippen LogP contribution >= 0.6 is 11.6 Å². The van der Waals surface area contributed by atoms with Crippen molar-refractivity contribution in [3.63, 3.8) is 0 Å². The highest BCUT2D eigenvalue weighted by Gasteiger charge is 2.04. The van der Waals surface area contributed by atoms with Crippen LogP contribution in [0.3, 0.4) is 0 Å². The van der Waals surface area contributed by atoms with Gasteiger partial charge in [0.2, 0.25) is 0 Å². The standard InChI is InChI=1S/C17H17ClN2O/c1-20(13-14-5-4-7-16(18)11-14)9-10-21-17-8-3-2-6-15(17)12-19/h2-8,11H,9-10,13H2,1H3. The van der Waals surface area contributed by atoms with Gasteiger partial charge in [0.25, 0.3) is 0 Å². The van der Waals surface area contributed by atoms with Crippen LogP contribution in [-0.2, 0) is 6.54 Å². The highest BCUT2D eigenvalue weighted by Crippen LogP contribution is 2.16. The van der Waals surface area contributed by atoms with Gasteiger partial charge in [-0.3, -0.25) is 4.90 Å². The van der Waals surface area contributed by atoms with E-state index < -0.39 is 0 Å². The predicted molar refractivity (Wildman–Crippen MR) is 84.4 cm³/mol. The van der Waals surface area contributed by atoms with E-state index in [1.165, 1.54) is 5.56 Å². The summed E-state index contributed by atoms with van der Waals surface area (Å²) < 4.78 is 5.67. The summed E-state index contributed by atoms with van der Waals surface area (Å²) in [5, 5.41) is 9.74. The van der Waals surface area contributed by atoms with Gasteiger partial charge < -0.3 is 4.74 Å². The van der Waals surface area contributed by atoms with E-state index in [4.69, 9.17) is 21.6 Å². The Balaban J connectivity index is 1.82. The smallest absolute Gasteiger partial charge is 0.137 e. The van der Waals surface area contributed by atoms with Crippen molar-refractivity contribution in [2.24, 2.45) is 0 Å². The molecule has 21 heavy (non-hydrogen) atoms. The fourth-order valence-corrected chi connectivity index (χ4v) is 2.24. The topological polar surface area (TPSA) is 36.3 Å². The normalized spacial score (nSPS) is 10.4. The number of hydrogen-bond donors (Lipinski definition) is 0. The molecule has 0 saturated heterocycles. The molecule has 2 aromatic rings. The number of halogens is 1. The predicted octanol–water partition coefficient (Wildman–Crippen LogP) is 3.72. The molecule has 0 aliphatic heterocycles. The molecule has 0 saturated carbocycles. The minimum absolute atomic E-state index is 0.537. The molecule has 0 radical (unpaired) electrons. The van der Waals surface area contributed by atoms with Crippen molar-refractivity contribution in [3.8, 4) is 11.8 Å². The zero-order valence-electron chi connectivity index (χ0n) is 11.9. The molecule has 0 bridgehead atoms. The fourth-order valence-electron chi connectivity index (χ4n) is 2.02. The zero-order valence-corrected chi connectivity index (χ0v) is 12.7. The van der Waals surface area contributed by atoms with Gasteiger partial charge in [0.05, 0.1) is 5.56 Å². The molecule has 2 rings (SSSR count). The van der Waals surface area contributed by atoms with Crippen LogP contribution in [0.2, 0.25) is 5.02 Å². The van der Waals surface area contributed by atoms with Crippen LogP contribution in [0.4, 0.5) is 0 Å². The first-order valence-electron chi connectivity index (χ1n) is 6.74. The van der Waals surface area contributed by atoms with Crippen LogP contribution in [0.1, 0.15) is 11.1 Å². The minimum atomic E-state index is 0.537. The van der Waals surface area contributed by atoms with E-state index in [-0.39, 0.29) is 0 Å². The number of benzene rings is 2. The van der Waals surface area contributed by atoms with Gasteiger partial charge in [-0.25, -0.2) is 0 Å². The van der Waals surface area contributed by atoms with Gasteiger partial charge in [-0.15, -0.1) is 0 Å². The minimum Gasteiger partial charge on any atom is -0.491 e. The lowest BCUT2D eigenvalue weighted by atomic mass is 10.2. The first-order valence-corrected chi connectivity index (χ1v) is 7.12. The maximum absolute atomic E-state index is 8.99. The lowest BCUT2D eigenvalue weighted by Crippen LogP contribution is -2.24. The van der Waals surface area contributed by atoms with E-state index >= 15 is 0 Å². The number of ether oxygens (including phenoxy) is 1. The monoisotopic (exact) mass is 300 g/mol. The van der Waals surface area contributed by atoms with E-state index in [1.54, 1.807) is 6.07 Å². The summed E-state index contributed by atoms with van der Waals surface area (Å²) in [6, 6.07) is 17.2. The molecule has 0 aliphatic rings. The lowest BCUT2D eigenvalue weighted by Gasteiger charge is -2.17. The van der Waals surface area contributed by atoms with Crippen LogP contribution in [0.15, 0.2) is 48.5 Å². The second-order valence-corrected chi connectivity index (χ2v) is 5.26. The van der Waals surface area contributed by atoms with Crippen molar-refractivity contribution in [3.05, 3.63) is 64.7 Å². The van der Waals surface area contributed by atoms with Gasteiger partial charge in [-0.2, -0.15) is 5.26 Å². The molecule has 0 atom stereocenters. The molecule has 2 aromatic carbocycles. The molecule has 0 aromatic heterocycles. The zero-order chi connectivity index (χ0) is 15.1. The second-order valence-electron chi connectivity index (χ2n) is 4.82. The summed E-state index contributed by atoms with van der Waals surface area (Å²) in [7, 11) is 2.03. The molecule has 0 spiro atoms. The molecule has 108 valence electrons. The lowest BCUT2D eigenvalue weighted by molar-refractivity contribution is 0.232. The average Bonchev–Trinajstić information content (AvgIpc) is 2.47. The molecular formula is C17H17ClN2O. The summed E-state index contributed by atoms with van der Waals surface area (Å²) in [5.74, 6) is 0.635. The molecule has 0 heterocycles. The third-order valence-corrected chi connectivity index (χ3v) is 3.31. The molecule has 0 amide bonds. The third-order valence-electron chi connectivity index (χ3n) is 3.08. The van der Waals surface area contributed by atoms with E-state index in [0.29, 0.717) is 17.9 Å². The first-order chi connectivity index (χ1) is 10.2. The quantitative estimate of drug-likeness (QED) is 0.815. The van der Waals surface area contributed by atoms with Gasteiger partial charge in [0.1, 0.15) is 18.4 Å². The molecule has 0 unspecified atom stereocenters. The Hall–Kier alpha value is -2.02. The Bertz CT molecular complexity index is 637. The van der Waals surface area contributed by atoms with E-state index in [1.807, 2.05) is 49.5 Å². The van der Waals surface area contributed by atoms with Crippen molar-refractivity contribution in [2.45, 2.75) is 6.54 Å². The Morgan fingerprint density at radius 3 is 2.76 bits per heavy atom. The maximum Gasteiger partial charge on any atom is 0.137 e. The van der Waals surface area contributed by atoms with Crippen LogP contribution in [0.5, 0.6) is 5.75 Å². The van der Waals surface area contributed by atoms with Gasteiger partial charge in [-0.1, -0.05) is 35.9 Å². The van der Waals surface area contributed by atoms with Crippen LogP contribution in [-0.4, -0.2) is 25.1 Å². The van der Waals surface area contributed by atoms with E-state index in [0.717, 1.165) is 18.1 Å². The van der Waals surface area contributed by atoms with Gasteiger partial charge >= 0.3 is 0 Å². The average molecular weight is 301 g/mol. The van der Waals surface area contributed by atoms with Gasteiger partial charge in [0.15, 0.2) is 0 Å². The number of rotatable bonds is 6. The Kier molecular flexibility index (Phi) is 5.62. The van der Waals surface area contributed by atoms with E-state index in [2.05, 4.69) is 11.0 Å². The van der Waals surface area contributed by atoms with Crippen molar-refractivity contribution >= 4 is 11.6 Å². The Morgan fingerprint density at radius 1 is 1.19 bits per heavy atom. The molecule has 0 N–H and O–H groups in total. The summed E-state index contributed by atoms with van der Waals surface area (Å²) >= 11 is 5.97. The SMILES string of the molecule is CN(CCOc1ccccc1C#N)Cc1cccc(Cl)c1. The van der Waals surface area contributed by atoms with Crippen molar-refractivity contribution in [1.29, 1.82) is 5.26 Å². The highest BCUT2D eigenvalue weighted by atomic mass is 35.5. The number of nitrogens with zero attached hydrogens (tertiary/aromatic N) is 2. The molecule has 3 nitrogen and oxygen atoms in total. The van der Waals surface area contributed by atoms with Crippen LogP contribution in [0.25, 0.3) is 0 Å². The van der Waals surface area contributed by atoms with Crippen molar-refractivity contribution in [2.75, 3.05) is 20.2 Å². The number of nitriles is 1. The highest BCUT2D eigenvalue weighted by molar-refractivity contribution is 6.30. The maximum atomic E-state index is 8.99. The Labute approximate surface area is 130 Å². The second kappa shape index (κ2) is 7.68. The van der Waals surface area contributed by atoms with Crippen molar-refractivity contribution in [1.82, 2.24) is 4.90 Å². The largest absolute Gasteiger partial charge is 0.491 e. The third kappa shape index (κ3) is 4.78. The molecule has 0 aliphatic carbocycles.